The van der Waals surface area contributed by atoms with Crippen molar-refractivity contribution < 1.29 is 19.1 Å². The van der Waals surface area contributed by atoms with E-state index in [9.17, 15) is 9.59 Å². The Kier molecular flexibility index (Phi) is 9.57. The fourth-order valence-electron chi connectivity index (χ4n) is 4.45. The Hall–Kier alpha value is -3.53. The van der Waals surface area contributed by atoms with Crippen LogP contribution in [0.5, 0.6) is 5.75 Å². The van der Waals surface area contributed by atoms with E-state index in [0.29, 0.717) is 25.4 Å². The number of piperidine rings is 1. The Morgan fingerprint density at radius 1 is 1.08 bits per heavy atom. The molecule has 198 valence electrons. The van der Waals surface area contributed by atoms with E-state index in [1.165, 1.54) is 0 Å². The highest BCUT2D eigenvalue weighted by Gasteiger charge is 2.27. The van der Waals surface area contributed by atoms with E-state index in [2.05, 4.69) is 25.2 Å². The van der Waals surface area contributed by atoms with Gasteiger partial charge in [0.15, 0.2) is 0 Å². The number of likely N-dealkylation sites (tertiary alicyclic amines) is 1. The molecular weight excluding hydrogens is 466 g/mol. The molecule has 0 aliphatic carbocycles. The van der Waals surface area contributed by atoms with E-state index in [1.54, 1.807) is 4.90 Å². The zero-order valence-corrected chi connectivity index (χ0v) is 22.6. The number of hydrogen-bond acceptors (Lipinski definition) is 5. The molecule has 37 heavy (non-hydrogen) atoms. The Morgan fingerprint density at radius 2 is 1.76 bits per heavy atom. The molecule has 1 aliphatic rings. The minimum absolute atomic E-state index is 0.00854. The van der Waals surface area contributed by atoms with Crippen LogP contribution in [0.15, 0.2) is 48.5 Å². The maximum absolute atomic E-state index is 12.7. The Morgan fingerprint density at radius 3 is 2.35 bits per heavy atom. The molecule has 2 aromatic rings. The van der Waals surface area contributed by atoms with Gasteiger partial charge in [-0.3, -0.25) is 4.79 Å². The maximum atomic E-state index is 12.7. The predicted molar refractivity (Wildman–Crippen MR) is 144 cm³/mol. The van der Waals surface area contributed by atoms with Gasteiger partial charge in [0, 0.05) is 25.9 Å². The Bertz CT molecular complexity index is 1090. The predicted octanol–water partition coefficient (Wildman–Crippen LogP) is 5.90. The fraction of sp³-hybridized carbons (Fsp3) is 0.500. The first-order valence-corrected chi connectivity index (χ1v) is 13.1. The van der Waals surface area contributed by atoms with Gasteiger partial charge in [0.2, 0.25) is 5.91 Å². The molecule has 7 heteroatoms. The van der Waals surface area contributed by atoms with Crippen molar-refractivity contribution >= 4 is 12.0 Å². The first kappa shape index (κ1) is 28.0. The van der Waals surface area contributed by atoms with Gasteiger partial charge in [-0.05, 0) is 61.9 Å². The van der Waals surface area contributed by atoms with Gasteiger partial charge in [0.1, 0.15) is 24.0 Å². The molecule has 0 bridgehead atoms. The van der Waals surface area contributed by atoms with Crippen molar-refractivity contribution in [3.63, 3.8) is 0 Å². The fourth-order valence-corrected chi connectivity index (χ4v) is 4.45. The molecule has 0 saturated carbocycles. The quantitative estimate of drug-likeness (QED) is 0.451. The molecule has 1 heterocycles. The summed E-state index contributed by atoms with van der Waals surface area (Å²) >= 11 is 0. The number of benzene rings is 2. The second-order valence-corrected chi connectivity index (χ2v) is 11.0. The normalized spacial score (nSPS) is 15.1. The van der Waals surface area contributed by atoms with Crippen LogP contribution in [0.4, 0.5) is 4.79 Å². The molecule has 1 N–H and O–H groups in total. The van der Waals surface area contributed by atoms with Crippen molar-refractivity contribution in [3.05, 3.63) is 54.1 Å². The third-order valence-corrected chi connectivity index (χ3v) is 6.24. The molecule has 1 aliphatic heterocycles. The topological polar surface area (TPSA) is 91.7 Å². The van der Waals surface area contributed by atoms with Crippen molar-refractivity contribution in [3.8, 4) is 22.9 Å². The molecule has 1 atom stereocenters. The summed E-state index contributed by atoms with van der Waals surface area (Å²) in [5, 5.41) is 11.6. The molecule has 1 saturated heterocycles. The average molecular weight is 506 g/mol. The average Bonchev–Trinajstić information content (AvgIpc) is 2.85. The van der Waals surface area contributed by atoms with E-state index < -0.39 is 5.60 Å². The molecule has 0 radical (unpaired) electrons. The van der Waals surface area contributed by atoms with Gasteiger partial charge in [0.25, 0.3) is 0 Å². The highest BCUT2D eigenvalue weighted by Crippen LogP contribution is 2.30. The molecule has 0 spiro atoms. The first-order chi connectivity index (χ1) is 17.6. The number of nitriles is 1. The number of nitrogens with one attached hydrogen (secondary N) is 1. The van der Waals surface area contributed by atoms with E-state index in [4.69, 9.17) is 14.7 Å². The number of hydrogen-bond donors (Lipinski definition) is 1. The lowest BCUT2D eigenvalue weighted by atomic mass is 9.88. The van der Waals surface area contributed by atoms with Crippen molar-refractivity contribution in [2.24, 2.45) is 5.92 Å². The molecule has 3 rings (SSSR count). The lowest BCUT2D eigenvalue weighted by Crippen LogP contribution is -2.44. The van der Waals surface area contributed by atoms with Gasteiger partial charge in [-0.15, -0.1) is 0 Å². The van der Waals surface area contributed by atoms with Gasteiger partial charge in [-0.2, -0.15) is 5.26 Å². The lowest BCUT2D eigenvalue weighted by molar-refractivity contribution is -0.122. The van der Waals surface area contributed by atoms with E-state index in [-0.39, 0.29) is 30.6 Å². The van der Waals surface area contributed by atoms with E-state index in [1.807, 2.05) is 69.3 Å². The summed E-state index contributed by atoms with van der Waals surface area (Å²) in [6, 6.07) is 18.0. The first-order valence-electron chi connectivity index (χ1n) is 13.1. The van der Waals surface area contributed by atoms with Crippen LogP contribution in [-0.4, -0.2) is 48.2 Å². The number of nitrogens with zero attached hydrogens (tertiary/aromatic N) is 2. The van der Waals surface area contributed by atoms with Crippen LogP contribution in [0.3, 0.4) is 0 Å². The molecular formula is C30H39N3O4. The van der Waals surface area contributed by atoms with Gasteiger partial charge in [0.05, 0.1) is 12.0 Å². The van der Waals surface area contributed by atoms with Crippen LogP contribution in [0, 0.1) is 17.2 Å². The second kappa shape index (κ2) is 12.6. The summed E-state index contributed by atoms with van der Waals surface area (Å²) in [6.45, 7) is 11.0. The number of ether oxygens (including phenoxy) is 2. The lowest BCUT2D eigenvalue weighted by Gasteiger charge is -2.33. The standard InChI is InChI=1S/C30H39N3O4/c1-21(2)19-27(28(34)32-16-15-31)24-8-6-7-23(20-24)22-9-11-25(12-10-22)36-26-13-17-33(18-14-26)29(35)37-30(3,4)5/h6-12,20-21,26-27H,13-14,16-19H2,1-5H3,(H,32,34). The molecule has 0 aromatic heterocycles. The van der Waals surface area contributed by atoms with Gasteiger partial charge in [-0.1, -0.05) is 50.2 Å². The molecule has 2 aromatic carbocycles. The minimum atomic E-state index is -0.495. The molecule has 1 unspecified atom stereocenters. The molecule has 7 nitrogen and oxygen atoms in total. The summed E-state index contributed by atoms with van der Waals surface area (Å²) in [5.41, 5.74) is 2.51. The van der Waals surface area contributed by atoms with Gasteiger partial charge in [-0.25, -0.2) is 4.79 Å². The van der Waals surface area contributed by atoms with Crippen molar-refractivity contribution in [2.45, 2.75) is 71.5 Å². The van der Waals surface area contributed by atoms with Crippen LogP contribution in [0.2, 0.25) is 0 Å². The highest BCUT2D eigenvalue weighted by molar-refractivity contribution is 5.84. The van der Waals surface area contributed by atoms with Gasteiger partial charge >= 0.3 is 6.09 Å². The molecule has 2 amide bonds. The van der Waals surface area contributed by atoms with Crippen LogP contribution in [-0.2, 0) is 9.53 Å². The summed E-state index contributed by atoms with van der Waals surface area (Å²) in [6.07, 6.45) is 2.01. The maximum Gasteiger partial charge on any atom is 0.410 e. The summed E-state index contributed by atoms with van der Waals surface area (Å²) in [7, 11) is 0. The minimum Gasteiger partial charge on any atom is -0.490 e. The largest absolute Gasteiger partial charge is 0.490 e. The third-order valence-electron chi connectivity index (χ3n) is 6.24. The monoisotopic (exact) mass is 505 g/mol. The number of carbonyl (C=O) groups excluding carboxylic acids is 2. The smallest absolute Gasteiger partial charge is 0.410 e. The second-order valence-electron chi connectivity index (χ2n) is 11.0. The number of amides is 2. The summed E-state index contributed by atoms with van der Waals surface area (Å²) < 4.78 is 11.7. The number of rotatable bonds is 8. The van der Waals surface area contributed by atoms with Crippen LogP contribution < -0.4 is 10.1 Å². The van der Waals surface area contributed by atoms with Crippen LogP contribution >= 0.6 is 0 Å². The summed E-state index contributed by atoms with van der Waals surface area (Å²) in [5.74, 6) is 0.717. The Labute approximate surface area is 220 Å². The zero-order valence-electron chi connectivity index (χ0n) is 22.6. The zero-order chi connectivity index (χ0) is 27.0. The van der Waals surface area contributed by atoms with E-state index >= 15 is 0 Å². The summed E-state index contributed by atoms with van der Waals surface area (Å²) in [4.78, 5) is 26.8. The highest BCUT2D eigenvalue weighted by atomic mass is 16.6. The van der Waals surface area contributed by atoms with Crippen LogP contribution in [0.1, 0.15) is 65.4 Å². The van der Waals surface area contributed by atoms with E-state index in [0.717, 1.165) is 35.3 Å². The number of carbonyl (C=O) groups is 2. The van der Waals surface area contributed by atoms with Crippen LogP contribution in [0.25, 0.3) is 11.1 Å². The Balaban J connectivity index is 1.63. The third kappa shape index (κ3) is 8.52. The van der Waals surface area contributed by atoms with Gasteiger partial charge < -0.3 is 19.7 Å². The van der Waals surface area contributed by atoms with Crippen molar-refractivity contribution in [2.75, 3.05) is 19.6 Å². The molecule has 1 fully saturated rings. The van der Waals surface area contributed by atoms with Crippen molar-refractivity contribution in [1.29, 1.82) is 5.26 Å². The van der Waals surface area contributed by atoms with Crippen molar-refractivity contribution in [1.82, 2.24) is 10.2 Å². The SMILES string of the molecule is CC(C)CC(C(=O)NCC#N)c1cccc(-c2ccc(OC3CCN(C(=O)OC(C)(C)C)CC3)cc2)c1.